The molecule has 4 amide bonds. The second kappa shape index (κ2) is 12.3. The van der Waals surface area contributed by atoms with Gasteiger partial charge in [0, 0.05) is 15.4 Å². The summed E-state index contributed by atoms with van der Waals surface area (Å²) in [4.78, 5) is 56.5. The van der Waals surface area contributed by atoms with Crippen LogP contribution in [0.4, 0.5) is 5.69 Å². The average molecular weight is 836 g/mol. The fourth-order valence-electron chi connectivity index (χ4n) is 8.15. The lowest BCUT2D eigenvalue weighted by molar-refractivity contribution is -0.173. The summed E-state index contributed by atoms with van der Waals surface area (Å²) in [6.07, 6.45) is 1.97. The molecule has 6 atom stereocenters. The van der Waals surface area contributed by atoms with Crippen LogP contribution >= 0.6 is 55.1 Å². The second-order valence-corrected chi connectivity index (χ2v) is 14.8. The first kappa shape index (κ1) is 33.9. The second-order valence-electron chi connectivity index (χ2n) is 12.3. The molecule has 2 saturated heterocycles. The van der Waals surface area contributed by atoms with Crippen LogP contribution < -0.4 is 14.9 Å². The van der Waals surface area contributed by atoms with Gasteiger partial charge in [0.2, 0.25) is 0 Å². The number of benzene rings is 3. The van der Waals surface area contributed by atoms with Gasteiger partial charge in [-0.3, -0.25) is 29.8 Å². The van der Waals surface area contributed by atoms with Crippen molar-refractivity contribution in [1.29, 1.82) is 0 Å². The van der Waals surface area contributed by atoms with Crippen LogP contribution in [0.25, 0.3) is 0 Å². The van der Waals surface area contributed by atoms with Crippen LogP contribution in [-0.4, -0.2) is 58.2 Å². The van der Waals surface area contributed by atoms with Crippen molar-refractivity contribution < 1.29 is 39.0 Å². The van der Waals surface area contributed by atoms with Crippen molar-refractivity contribution in [3.05, 3.63) is 90.3 Å². The highest BCUT2D eigenvalue weighted by atomic mass is 79.9. The molecule has 2 heterocycles. The quantitative estimate of drug-likeness (QED) is 0.142. The van der Waals surface area contributed by atoms with Crippen molar-refractivity contribution in [1.82, 2.24) is 10.1 Å². The van der Waals surface area contributed by atoms with E-state index < -0.39 is 58.6 Å². The molecule has 254 valence electrons. The Labute approximate surface area is 306 Å². The number of hydrogen-bond donors (Lipinski definition) is 3. The Bertz CT molecular complexity index is 1990. The fraction of sp³-hybridized carbons (Fsp3) is 0.294. The number of carbonyl (C=O) groups excluding carboxylic acids is 4. The van der Waals surface area contributed by atoms with Crippen LogP contribution in [0.2, 0.25) is 10.0 Å². The maximum absolute atomic E-state index is 15.3. The maximum atomic E-state index is 15.3. The SMILES string of the molecule is COc1ccc([C@@]23C(=O)N(Nc4ccc(Cl)cc4Cl)C(=O)[C@@H]2C[C@@H]2C(=CC[C@@H]4C(=O)N(O)C(=O)[C@@H]42)[C@@H]3c2cc(OC)c(O)c(Br)c2Br)cc1. The Morgan fingerprint density at radius 1 is 0.918 bits per heavy atom. The summed E-state index contributed by atoms with van der Waals surface area (Å²) in [5, 5.41) is 23.0. The van der Waals surface area contributed by atoms with Crippen molar-refractivity contribution in [3.8, 4) is 17.2 Å². The molecule has 3 N–H and O–H groups in total. The zero-order chi connectivity index (χ0) is 35.1. The predicted octanol–water partition coefficient (Wildman–Crippen LogP) is 6.62. The van der Waals surface area contributed by atoms with Crippen molar-refractivity contribution >= 4 is 84.4 Å². The first-order valence-corrected chi connectivity index (χ1v) is 17.5. The number of hydroxylamine groups is 2. The minimum atomic E-state index is -1.64. The van der Waals surface area contributed by atoms with Crippen LogP contribution in [0.15, 0.2) is 69.1 Å². The number of phenolic OH excluding ortho intramolecular Hbond substituents is 1. The largest absolute Gasteiger partial charge is 0.503 e. The number of hydrogen-bond acceptors (Lipinski definition) is 9. The predicted molar refractivity (Wildman–Crippen MR) is 184 cm³/mol. The van der Waals surface area contributed by atoms with Gasteiger partial charge in [-0.2, -0.15) is 10.1 Å². The van der Waals surface area contributed by atoms with Crippen molar-refractivity contribution in [2.75, 3.05) is 19.6 Å². The van der Waals surface area contributed by atoms with Gasteiger partial charge in [0.15, 0.2) is 11.5 Å². The van der Waals surface area contributed by atoms with Gasteiger partial charge in [0.25, 0.3) is 23.6 Å². The molecule has 3 aromatic carbocycles. The van der Waals surface area contributed by atoms with Gasteiger partial charge in [-0.1, -0.05) is 47.0 Å². The number of phenols is 1. The zero-order valence-corrected chi connectivity index (χ0v) is 30.4. The Hall–Kier alpha value is -3.62. The highest BCUT2D eigenvalue weighted by Gasteiger charge is 2.70. The Morgan fingerprint density at radius 3 is 2.29 bits per heavy atom. The number of allylic oxidation sites excluding steroid dienone is 2. The van der Waals surface area contributed by atoms with Gasteiger partial charge >= 0.3 is 0 Å². The van der Waals surface area contributed by atoms with Crippen LogP contribution in [0, 0.1) is 23.7 Å². The van der Waals surface area contributed by atoms with E-state index in [1.807, 2.05) is 6.08 Å². The smallest absolute Gasteiger partial charge is 0.260 e. The summed E-state index contributed by atoms with van der Waals surface area (Å²) < 4.78 is 11.6. The Morgan fingerprint density at radius 2 is 1.63 bits per heavy atom. The molecule has 0 spiro atoms. The van der Waals surface area contributed by atoms with E-state index in [9.17, 15) is 24.7 Å². The molecular formula is C34H27Br2Cl2N3O8. The molecule has 3 fully saturated rings. The lowest BCUT2D eigenvalue weighted by Gasteiger charge is -2.51. The molecule has 1 saturated carbocycles. The summed E-state index contributed by atoms with van der Waals surface area (Å²) >= 11 is 19.7. The molecule has 3 aromatic rings. The van der Waals surface area contributed by atoms with Crippen LogP contribution in [0.5, 0.6) is 17.2 Å². The van der Waals surface area contributed by atoms with Gasteiger partial charge in [-0.05, 0) is 98.1 Å². The number of halogens is 4. The van der Waals surface area contributed by atoms with E-state index in [0.717, 1.165) is 5.01 Å². The van der Waals surface area contributed by atoms with Crippen molar-refractivity contribution in [2.45, 2.75) is 24.2 Å². The molecule has 4 aliphatic rings. The van der Waals surface area contributed by atoms with Crippen molar-refractivity contribution in [3.63, 3.8) is 0 Å². The van der Waals surface area contributed by atoms with E-state index in [0.29, 0.717) is 31.9 Å². The normalized spacial score (nSPS) is 27.5. The number of ether oxygens (including phenoxy) is 2. The van der Waals surface area contributed by atoms with Gasteiger partial charge in [-0.25, -0.2) is 0 Å². The number of nitrogens with zero attached hydrogens (tertiary/aromatic N) is 2. The van der Waals surface area contributed by atoms with Gasteiger partial charge in [0.1, 0.15) is 5.75 Å². The number of imide groups is 2. The summed E-state index contributed by atoms with van der Waals surface area (Å²) in [6, 6.07) is 13.0. The Balaban J connectivity index is 1.52. The van der Waals surface area contributed by atoms with E-state index in [1.165, 1.54) is 20.3 Å². The highest BCUT2D eigenvalue weighted by molar-refractivity contribution is 9.13. The van der Waals surface area contributed by atoms with E-state index in [2.05, 4.69) is 37.3 Å². The van der Waals surface area contributed by atoms with Crippen molar-refractivity contribution in [2.24, 2.45) is 23.7 Å². The number of rotatable bonds is 6. The number of carbonyl (C=O) groups is 4. The number of nitrogens with one attached hydrogen (secondary N) is 1. The molecule has 7 rings (SSSR count). The number of fused-ring (bicyclic) bond motifs is 4. The number of methoxy groups -OCH3 is 2. The molecule has 2 aliphatic carbocycles. The molecule has 0 unspecified atom stereocenters. The molecule has 0 radical (unpaired) electrons. The van der Waals surface area contributed by atoms with Crippen LogP contribution in [0.3, 0.4) is 0 Å². The average Bonchev–Trinajstić information content (AvgIpc) is 3.45. The molecule has 11 nitrogen and oxygen atoms in total. The van der Waals surface area contributed by atoms with E-state index in [4.69, 9.17) is 32.7 Å². The third-order valence-electron chi connectivity index (χ3n) is 10.3. The lowest BCUT2D eigenvalue weighted by Crippen LogP contribution is -2.53. The third-order valence-corrected chi connectivity index (χ3v) is 13.0. The van der Waals surface area contributed by atoms with Crippen LogP contribution in [-0.2, 0) is 24.6 Å². The summed E-state index contributed by atoms with van der Waals surface area (Å²) in [6.45, 7) is 0. The van der Waals surface area contributed by atoms with E-state index in [-0.39, 0.29) is 44.6 Å². The topological polar surface area (TPSA) is 146 Å². The molecule has 0 aromatic heterocycles. The minimum absolute atomic E-state index is 0.00744. The van der Waals surface area contributed by atoms with Gasteiger partial charge in [0.05, 0.1) is 52.6 Å². The minimum Gasteiger partial charge on any atom is -0.503 e. The molecular weight excluding hydrogens is 809 g/mol. The maximum Gasteiger partial charge on any atom is 0.260 e. The highest BCUT2D eigenvalue weighted by Crippen LogP contribution is 2.65. The fourth-order valence-corrected chi connectivity index (χ4v) is 9.55. The van der Waals surface area contributed by atoms with Gasteiger partial charge < -0.3 is 14.6 Å². The first-order valence-electron chi connectivity index (χ1n) is 15.1. The monoisotopic (exact) mass is 833 g/mol. The number of amides is 4. The summed E-state index contributed by atoms with van der Waals surface area (Å²) in [7, 11) is 2.90. The Kier molecular flexibility index (Phi) is 8.50. The molecule has 15 heteroatoms. The summed E-state index contributed by atoms with van der Waals surface area (Å²) in [5.74, 6) is -6.78. The molecule has 49 heavy (non-hydrogen) atoms. The van der Waals surface area contributed by atoms with E-state index >= 15 is 4.79 Å². The zero-order valence-electron chi connectivity index (χ0n) is 25.7. The summed E-state index contributed by atoms with van der Waals surface area (Å²) in [5.41, 5.74) is 3.15. The third kappa shape index (κ3) is 4.84. The number of anilines is 1. The van der Waals surface area contributed by atoms with Gasteiger partial charge in [-0.15, -0.1) is 0 Å². The molecule has 0 bridgehead atoms. The van der Waals surface area contributed by atoms with Crippen LogP contribution in [0.1, 0.15) is 29.9 Å². The first-order chi connectivity index (χ1) is 23.4. The van der Waals surface area contributed by atoms with E-state index in [1.54, 1.807) is 42.5 Å². The number of hydrazine groups is 1. The lowest BCUT2D eigenvalue weighted by atomic mass is 9.49. The molecule has 2 aliphatic heterocycles. The standard InChI is InChI=1S/C34H27Br2Cl2N3O8/c1-48-16-6-3-14(4-7-16)34-21(31(44)40(33(34)46)39-23-10-5-15(37)11-22(23)38)12-19-17(8-9-18-25(19)32(45)41(47)30(18)43)26(34)20-13-24(49-2)29(42)28(36)27(20)35/h3-8,10-11,13,18-19,21,25-26,39,42,47H,9,12H2,1-2H3/t18-,19+,21-,25-,26+,34+/m0/s1. The number of aromatic hydroxyl groups is 1.